The van der Waals surface area contributed by atoms with E-state index in [4.69, 9.17) is 4.74 Å². The molecule has 0 aliphatic heterocycles. The molecule has 1 N–H and O–H groups in total. The van der Waals surface area contributed by atoms with E-state index in [0.29, 0.717) is 11.3 Å². The van der Waals surface area contributed by atoms with Crippen LogP contribution in [0.25, 0.3) is 0 Å². The zero-order chi connectivity index (χ0) is 14.5. The molecule has 0 saturated carbocycles. The molecule has 1 unspecified atom stereocenters. The van der Waals surface area contributed by atoms with Gasteiger partial charge < -0.3 is 10.1 Å². The first-order valence-corrected chi connectivity index (χ1v) is 7.00. The summed E-state index contributed by atoms with van der Waals surface area (Å²) in [6.45, 7) is 10.9. The lowest BCUT2D eigenvalue weighted by molar-refractivity contribution is 0.168. The maximum absolute atomic E-state index is 13.9. The van der Waals surface area contributed by atoms with Crippen molar-refractivity contribution in [2.24, 2.45) is 0 Å². The molecule has 3 heteroatoms. The molecule has 0 aromatic heterocycles. The lowest BCUT2D eigenvalue weighted by atomic mass is 10.1. The second-order valence-corrected chi connectivity index (χ2v) is 6.05. The molecule has 1 aromatic carbocycles. The number of hydrogen-bond donors (Lipinski definition) is 1. The first-order chi connectivity index (χ1) is 8.83. The third kappa shape index (κ3) is 5.60. The summed E-state index contributed by atoms with van der Waals surface area (Å²) >= 11 is 0. The largest absolute Gasteiger partial charge is 0.486 e. The zero-order valence-corrected chi connectivity index (χ0v) is 12.7. The van der Waals surface area contributed by atoms with Crippen LogP contribution in [0.4, 0.5) is 4.39 Å². The van der Waals surface area contributed by atoms with Crippen molar-refractivity contribution in [3.8, 4) is 5.75 Å². The van der Waals surface area contributed by atoms with E-state index in [-0.39, 0.29) is 17.5 Å². The fourth-order valence-electron chi connectivity index (χ4n) is 1.84. The fraction of sp³-hybridized carbons (Fsp3) is 0.625. The molecule has 1 atom stereocenters. The van der Waals surface area contributed by atoms with E-state index in [9.17, 15) is 4.39 Å². The summed E-state index contributed by atoms with van der Waals surface area (Å²) in [5, 5.41) is 3.41. The van der Waals surface area contributed by atoms with Crippen LogP contribution in [0, 0.1) is 12.7 Å². The van der Waals surface area contributed by atoms with Crippen molar-refractivity contribution in [3.63, 3.8) is 0 Å². The second-order valence-electron chi connectivity index (χ2n) is 6.05. The van der Waals surface area contributed by atoms with E-state index in [1.807, 2.05) is 6.07 Å². The van der Waals surface area contributed by atoms with Crippen LogP contribution in [0.5, 0.6) is 5.75 Å². The molecule has 0 aliphatic rings. The van der Waals surface area contributed by atoms with Crippen molar-refractivity contribution in [1.29, 1.82) is 0 Å². The number of halogens is 1. The van der Waals surface area contributed by atoms with Crippen molar-refractivity contribution in [1.82, 2.24) is 5.32 Å². The average molecular weight is 267 g/mol. The number of rotatable bonds is 6. The fourth-order valence-corrected chi connectivity index (χ4v) is 1.84. The minimum Gasteiger partial charge on any atom is -0.486 e. The average Bonchev–Trinajstić information content (AvgIpc) is 2.31. The van der Waals surface area contributed by atoms with Crippen molar-refractivity contribution in [2.75, 3.05) is 6.54 Å². The van der Waals surface area contributed by atoms with E-state index in [0.717, 1.165) is 19.4 Å². The van der Waals surface area contributed by atoms with Crippen LogP contribution in [0.1, 0.15) is 46.1 Å². The Hall–Kier alpha value is -1.09. The van der Waals surface area contributed by atoms with Gasteiger partial charge in [0.2, 0.25) is 0 Å². The van der Waals surface area contributed by atoms with E-state index in [2.05, 4.69) is 33.0 Å². The van der Waals surface area contributed by atoms with Gasteiger partial charge in [0.05, 0.1) is 0 Å². The molecular formula is C16H26FNO. The molecule has 0 fully saturated rings. The minimum atomic E-state index is -0.251. The number of nitrogens with one attached hydrogen (secondary N) is 1. The Morgan fingerprint density at radius 3 is 2.58 bits per heavy atom. The molecule has 1 rings (SSSR count). The van der Waals surface area contributed by atoms with Gasteiger partial charge in [-0.1, -0.05) is 25.5 Å². The van der Waals surface area contributed by atoms with Gasteiger partial charge in [-0.15, -0.1) is 0 Å². The molecule has 2 nitrogen and oxygen atoms in total. The molecule has 0 bridgehead atoms. The molecular weight excluding hydrogens is 241 g/mol. The third-order valence-corrected chi connectivity index (χ3v) is 2.92. The van der Waals surface area contributed by atoms with Gasteiger partial charge in [-0.25, -0.2) is 4.39 Å². The summed E-state index contributed by atoms with van der Waals surface area (Å²) in [4.78, 5) is 0. The summed E-state index contributed by atoms with van der Waals surface area (Å²) < 4.78 is 19.8. The maximum Gasteiger partial charge on any atom is 0.167 e. The summed E-state index contributed by atoms with van der Waals surface area (Å²) in [5.41, 5.74) is 0.664. The maximum atomic E-state index is 13.9. The Labute approximate surface area is 116 Å². The Morgan fingerprint density at radius 1 is 1.32 bits per heavy atom. The Balaban J connectivity index is 2.70. The van der Waals surface area contributed by atoms with E-state index in [1.54, 1.807) is 19.1 Å². The molecule has 0 amide bonds. The highest BCUT2D eigenvalue weighted by Crippen LogP contribution is 2.22. The molecule has 108 valence electrons. The number of benzene rings is 1. The van der Waals surface area contributed by atoms with Crippen molar-refractivity contribution in [3.05, 3.63) is 29.6 Å². The normalized spacial score (nSPS) is 13.4. The van der Waals surface area contributed by atoms with Crippen LogP contribution in [0.15, 0.2) is 18.2 Å². The highest BCUT2D eigenvalue weighted by atomic mass is 19.1. The van der Waals surface area contributed by atoms with Crippen molar-refractivity contribution >= 4 is 0 Å². The van der Waals surface area contributed by atoms with E-state index < -0.39 is 0 Å². The van der Waals surface area contributed by atoms with Gasteiger partial charge in [0.1, 0.15) is 6.10 Å². The summed E-state index contributed by atoms with van der Waals surface area (Å²) in [6, 6.07) is 5.28. The molecule has 19 heavy (non-hydrogen) atoms. The summed E-state index contributed by atoms with van der Waals surface area (Å²) in [7, 11) is 0. The van der Waals surface area contributed by atoms with Gasteiger partial charge in [0.15, 0.2) is 11.6 Å². The van der Waals surface area contributed by atoms with Gasteiger partial charge in [-0.05, 0) is 45.7 Å². The van der Waals surface area contributed by atoms with Gasteiger partial charge in [-0.3, -0.25) is 0 Å². The lowest BCUT2D eigenvalue weighted by Gasteiger charge is -2.26. The Kier molecular flexibility index (Phi) is 5.80. The highest BCUT2D eigenvalue weighted by Gasteiger charge is 2.16. The first-order valence-electron chi connectivity index (χ1n) is 7.00. The lowest BCUT2D eigenvalue weighted by Crippen LogP contribution is -2.42. The molecule has 0 heterocycles. The smallest absolute Gasteiger partial charge is 0.167 e. The third-order valence-electron chi connectivity index (χ3n) is 2.92. The van der Waals surface area contributed by atoms with Crippen LogP contribution in [-0.2, 0) is 0 Å². The molecule has 1 aromatic rings. The van der Waals surface area contributed by atoms with Crippen LogP contribution in [0.3, 0.4) is 0 Å². The van der Waals surface area contributed by atoms with Gasteiger partial charge in [0.25, 0.3) is 0 Å². The zero-order valence-electron chi connectivity index (χ0n) is 12.7. The number of aryl methyl sites for hydroxylation is 1. The Bertz CT molecular complexity index is 398. The highest BCUT2D eigenvalue weighted by molar-refractivity contribution is 5.30. The SMILES string of the molecule is CCCC(CNC(C)(C)C)Oc1cccc(C)c1F. The quantitative estimate of drug-likeness (QED) is 0.839. The van der Waals surface area contributed by atoms with Gasteiger partial charge in [-0.2, -0.15) is 0 Å². The summed E-state index contributed by atoms with van der Waals surface area (Å²) in [6.07, 6.45) is 1.93. The van der Waals surface area contributed by atoms with Crippen LogP contribution < -0.4 is 10.1 Å². The first kappa shape index (κ1) is 16.0. The van der Waals surface area contributed by atoms with Crippen molar-refractivity contribution < 1.29 is 9.13 Å². The van der Waals surface area contributed by atoms with Gasteiger partial charge in [0, 0.05) is 12.1 Å². The monoisotopic (exact) mass is 267 g/mol. The Morgan fingerprint density at radius 2 is 2.00 bits per heavy atom. The van der Waals surface area contributed by atoms with Crippen LogP contribution in [-0.4, -0.2) is 18.2 Å². The van der Waals surface area contributed by atoms with Crippen LogP contribution >= 0.6 is 0 Å². The molecule has 0 aliphatic carbocycles. The predicted octanol–water partition coefficient (Wildman–Crippen LogP) is 4.07. The predicted molar refractivity (Wildman–Crippen MR) is 78.2 cm³/mol. The second kappa shape index (κ2) is 6.90. The van der Waals surface area contributed by atoms with Crippen LogP contribution in [0.2, 0.25) is 0 Å². The standard InChI is InChI=1S/C16H26FNO/c1-6-8-13(11-18-16(3,4)5)19-14-10-7-9-12(2)15(14)17/h7,9-10,13,18H,6,8,11H2,1-5H3. The van der Waals surface area contributed by atoms with E-state index in [1.165, 1.54) is 0 Å². The minimum absolute atomic E-state index is 0.000486. The number of ether oxygens (including phenoxy) is 1. The van der Waals surface area contributed by atoms with E-state index >= 15 is 0 Å². The number of hydrogen-bond acceptors (Lipinski definition) is 2. The topological polar surface area (TPSA) is 21.3 Å². The molecule has 0 spiro atoms. The summed E-state index contributed by atoms with van der Waals surface area (Å²) in [5.74, 6) is 0.105. The van der Waals surface area contributed by atoms with Crippen molar-refractivity contribution in [2.45, 2.75) is 59.1 Å². The van der Waals surface area contributed by atoms with Gasteiger partial charge >= 0.3 is 0 Å². The molecule has 0 saturated heterocycles. The molecule has 0 radical (unpaired) electrons.